The first-order chi connectivity index (χ1) is 11.3. The molecule has 1 aromatic carbocycles. The maximum atomic E-state index is 11.9. The summed E-state index contributed by atoms with van der Waals surface area (Å²) in [5, 5.41) is 5.50. The fourth-order valence-corrected chi connectivity index (χ4v) is 2.96. The number of carbonyl (C=O) groups excluding carboxylic acids is 1. The van der Waals surface area contributed by atoms with E-state index >= 15 is 0 Å². The first kappa shape index (κ1) is 18.2. The Labute approximate surface area is 144 Å². The van der Waals surface area contributed by atoms with Crippen molar-refractivity contribution in [3.05, 3.63) is 36.2 Å². The molecule has 7 heteroatoms. The molecule has 0 bridgehead atoms. The molecule has 2 amide bonds. The van der Waals surface area contributed by atoms with Crippen molar-refractivity contribution < 1.29 is 13.4 Å². The molecule has 0 saturated heterocycles. The Hall–Kier alpha value is -2.15. The Bertz CT molecular complexity index is 710. The molecule has 6 nitrogen and oxygen atoms in total. The third-order valence-corrected chi connectivity index (χ3v) is 4.31. The largest absolute Gasteiger partial charge is 0.441 e. The molecule has 130 valence electrons. The van der Waals surface area contributed by atoms with Gasteiger partial charge in [0.2, 0.25) is 5.89 Å². The van der Waals surface area contributed by atoms with Crippen LogP contribution >= 0.6 is 0 Å². The summed E-state index contributed by atoms with van der Waals surface area (Å²) in [4.78, 5) is 16.2. The molecule has 2 atom stereocenters. The lowest BCUT2D eigenvalue weighted by atomic mass is 10.2. The van der Waals surface area contributed by atoms with E-state index in [1.807, 2.05) is 32.9 Å². The fraction of sp³-hybridized carbons (Fsp3) is 0.412. The second-order valence-corrected chi connectivity index (χ2v) is 7.52. The van der Waals surface area contributed by atoms with Gasteiger partial charge < -0.3 is 15.1 Å². The summed E-state index contributed by atoms with van der Waals surface area (Å²) in [6.45, 7) is 5.91. The molecule has 0 saturated carbocycles. The number of anilines is 1. The van der Waals surface area contributed by atoms with Crippen LogP contribution in [0.2, 0.25) is 0 Å². The predicted octanol–water partition coefficient (Wildman–Crippen LogP) is 3.35. The Morgan fingerprint density at radius 1 is 1.25 bits per heavy atom. The molecular weight excluding hydrogens is 326 g/mol. The summed E-state index contributed by atoms with van der Waals surface area (Å²) >= 11 is 0. The van der Waals surface area contributed by atoms with E-state index in [0.29, 0.717) is 17.3 Å². The van der Waals surface area contributed by atoms with E-state index in [1.165, 1.54) is 0 Å². The normalized spacial score (nSPS) is 13.5. The summed E-state index contributed by atoms with van der Waals surface area (Å²) in [5.41, 5.74) is 1.51. The zero-order valence-electron chi connectivity index (χ0n) is 14.3. The molecule has 0 fully saturated rings. The Balaban J connectivity index is 1.96. The van der Waals surface area contributed by atoms with Crippen LogP contribution in [0.25, 0.3) is 11.5 Å². The maximum Gasteiger partial charge on any atom is 0.319 e. The van der Waals surface area contributed by atoms with Gasteiger partial charge in [-0.1, -0.05) is 13.8 Å². The minimum absolute atomic E-state index is 0.156. The smallest absolute Gasteiger partial charge is 0.319 e. The lowest BCUT2D eigenvalue weighted by Crippen LogP contribution is -2.39. The Morgan fingerprint density at radius 2 is 1.92 bits per heavy atom. The van der Waals surface area contributed by atoms with Crippen molar-refractivity contribution in [3.63, 3.8) is 0 Å². The van der Waals surface area contributed by atoms with Gasteiger partial charge in [0.05, 0.1) is 6.20 Å². The monoisotopic (exact) mass is 349 g/mol. The number of benzene rings is 1. The second-order valence-electron chi connectivity index (χ2n) is 6.04. The van der Waals surface area contributed by atoms with Gasteiger partial charge in [0.1, 0.15) is 5.76 Å². The summed E-state index contributed by atoms with van der Waals surface area (Å²) in [7, 11) is -0.944. The van der Waals surface area contributed by atoms with E-state index in [0.717, 1.165) is 11.3 Å². The zero-order chi connectivity index (χ0) is 17.7. The van der Waals surface area contributed by atoms with Crippen molar-refractivity contribution in [2.75, 3.05) is 17.3 Å². The SMILES string of the molecule is CC(C)c1cnc(-c2ccc(NC(=O)N[C@@H](C)C[S@](C)=O)cc2)o1. The van der Waals surface area contributed by atoms with E-state index in [4.69, 9.17) is 4.42 Å². The average Bonchev–Trinajstić information content (AvgIpc) is 2.96. The third kappa shape index (κ3) is 5.19. The zero-order valence-corrected chi connectivity index (χ0v) is 15.1. The molecule has 1 heterocycles. The van der Waals surface area contributed by atoms with Gasteiger partial charge in [-0.25, -0.2) is 9.78 Å². The molecule has 0 aliphatic carbocycles. The topological polar surface area (TPSA) is 84.2 Å². The molecular formula is C17H23N3O3S. The van der Waals surface area contributed by atoms with Crippen LogP contribution in [0, 0.1) is 0 Å². The number of carbonyl (C=O) groups is 1. The van der Waals surface area contributed by atoms with Crippen LogP contribution in [0.4, 0.5) is 10.5 Å². The molecule has 0 spiro atoms. The van der Waals surface area contributed by atoms with Gasteiger partial charge in [0.15, 0.2) is 0 Å². The number of oxazole rings is 1. The van der Waals surface area contributed by atoms with Crippen LogP contribution in [0.5, 0.6) is 0 Å². The molecule has 0 unspecified atom stereocenters. The summed E-state index contributed by atoms with van der Waals surface area (Å²) < 4.78 is 16.8. The first-order valence-corrected chi connectivity index (χ1v) is 9.51. The molecule has 1 aromatic heterocycles. The first-order valence-electron chi connectivity index (χ1n) is 7.79. The highest BCUT2D eigenvalue weighted by molar-refractivity contribution is 7.84. The molecule has 24 heavy (non-hydrogen) atoms. The molecule has 2 rings (SSSR count). The van der Waals surface area contributed by atoms with Crippen molar-refractivity contribution in [2.45, 2.75) is 32.7 Å². The van der Waals surface area contributed by atoms with E-state index in [1.54, 1.807) is 24.6 Å². The van der Waals surface area contributed by atoms with Gasteiger partial charge in [-0.05, 0) is 31.2 Å². The number of rotatable bonds is 6. The molecule has 2 N–H and O–H groups in total. The lowest BCUT2D eigenvalue weighted by Gasteiger charge is -2.13. The van der Waals surface area contributed by atoms with Gasteiger partial charge in [-0.3, -0.25) is 4.21 Å². The van der Waals surface area contributed by atoms with Crippen LogP contribution < -0.4 is 10.6 Å². The summed E-state index contributed by atoms with van der Waals surface area (Å²) in [5.74, 6) is 2.12. The number of nitrogens with one attached hydrogen (secondary N) is 2. The number of hydrogen-bond acceptors (Lipinski definition) is 4. The highest BCUT2D eigenvalue weighted by Gasteiger charge is 2.11. The van der Waals surface area contributed by atoms with E-state index in [2.05, 4.69) is 15.6 Å². The quantitative estimate of drug-likeness (QED) is 0.837. The van der Waals surface area contributed by atoms with Crippen LogP contribution in [-0.4, -0.2) is 33.3 Å². The van der Waals surface area contributed by atoms with Crippen molar-refractivity contribution in [2.24, 2.45) is 0 Å². The van der Waals surface area contributed by atoms with Crippen LogP contribution in [0.15, 0.2) is 34.9 Å². The lowest BCUT2D eigenvalue weighted by molar-refractivity contribution is 0.250. The highest BCUT2D eigenvalue weighted by atomic mass is 32.2. The fourth-order valence-electron chi connectivity index (χ4n) is 2.17. The summed E-state index contributed by atoms with van der Waals surface area (Å²) in [6.07, 6.45) is 3.35. The van der Waals surface area contributed by atoms with Crippen molar-refractivity contribution >= 4 is 22.5 Å². The standard InChI is InChI=1S/C17H23N3O3S/c1-11(2)15-9-18-16(23-15)13-5-7-14(8-6-13)20-17(21)19-12(3)10-24(4)22/h5-9,11-12H,10H2,1-4H3,(H2,19,20,21)/t12-,24-/m0/s1. The van der Waals surface area contributed by atoms with Crippen LogP contribution in [-0.2, 0) is 10.8 Å². The van der Waals surface area contributed by atoms with Gasteiger partial charge >= 0.3 is 6.03 Å². The number of amides is 2. The molecule has 0 radical (unpaired) electrons. The molecule has 0 aliphatic rings. The van der Waals surface area contributed by atoms with E-state index < -0.39 is 10.8 Å². The van der Waals surface area contributed by atoms with Gasteiger partial charge in [-0.2, -0.15) is 0 Å². The number of nitrogens with zero attached hydrogens (tertiary/aromatic N) is 1. The Kier molecular flexibility index (Phi) is 6.14. The molecule has 2 aromatic rings. The van der Waals surface area contributed by atoms with E-state index in [9.17, 15) is 9.00 Å². The van der Waals surface area contributed by atoms with Gasteiger partial charge in [0, 0.05) is 46.0 Å². The highest BCUT2D eigenvalue weighted by Crippen LogP contribution is 2.24. The number of urea groups is 1. The van der Waals surface area contributed by atoms with Gasteiger partial charge in [-0.15, -0.1) is 0 Å². The minimum atomic E-state index is -0.944. The van der Waals surface area contributed by atoms with Crippen molar-refractivity contribution in [1.82, 2.24) is 10.3 Å². The average molecular weight is 349 g/mol. The minimum Gasteiger partial charge on any atom is -0.441 e. The second kappa shape index (κ2) is 8.10. The summed E-state index contributed by atoms with van der Waals surface area (Å²) in [6, 6.07) is 6.79. The van der Waals surface area contributed by atoms with Crippen molar-refractivity contribution in [1.29, 1.82) is 0 Å². The van der Waals surface area contributed by atoms with E-state index in [-0.39, 0.29) is 18.0 Å². The van der Waals surface area contributed by atoms with Crippen LogP contribution in [0.3, 0.4) is 0 Å². The number of aromatic nitrogens is 1. The maximum absolute atomic E-state index is 11.9. The predicted molar refractivity (Wildman–Crippen MR) is 96.6 cm³/mol. The van der Waals surface area contributed by atoms with Crippen LogP contribution in [0.1, 0.15) is 32.4 Å². The third-order valence-electron chi connectivity index (χ3n) is 3.34. The molecule has 0 aliphatic heterocycles. The number of hydrogen-bond donors (Lipinski definition) is 2. The Morgan fingerprint density at radius 3 is 2.46 bits per heavy atom. The van der Waals surface area contributed by atoms with Gasteiger partial charge in [0.25, 0.3) is 0 Å². The van der Waals surface area contributed by atoms with Crippen molar-refractivity contribution in [3.8, 4) is 11.5 Å².